The number of nitrogens with zero attached hydrogens (tertiary/aromatic N) is 3. The average molecular weight is 461 g/mol. The average Bonchev–Trinajstić information content (AvgIpc) is 3.28. The predicted octanol–water partition coefficient (Wildman–Crippen LogP) is 4.81. The number of aromatic nitrogens is 3. The molecule has 3 aromatic carbocycles. The van der Waals surface area contributed by atoms with Crippen LogP contribution in [0.1, 0.15) is 18.0 Å². The second-order valence-corrected chi connectivity index (χ2v) is 8.51. The normalized spacial score (nSPS) is 14.9. The maximum Gasteiger partial charge on any atom is 0.230 e. The summed E-state index contributed by atoms with van der Waals surface area (Å²) in [6.45, 7) is 0.568. The number of carbonyl (C=O) groups is 1. The van der Waals surface area contributed by atoms with E-state index < -0.39 is 0 Å². The number of hydrogen-bond donors (Lipinski definition) is 1. The van der Waals surface area contributed by atoms with Crippen molar-refractivity contribution in [1.29, 1.82) is 0 Å². The fraction of sp³-hybridized carbons (Fsp3) is 0.160. The molecule has 1 aliphatic heterocycles. The van der Waals surface area contributed by atoms with E-state index in [0.717, 1.165) is 29.0 Å². The van der Waals surface area contributed by atoms with Gasteiger partial charge in [-0.3, -0.25) is 9.36 Å². The molecule has 0 aliphatic carbocycles. The van der Waals surface area contributed by atoms with E-state index in [1.54, 1.807) is 12.1 Å². The first-order valence-corrected chi connectivity index (χ1v) is 11.6. The number of halogens is 1. The Morgan fingerprint density at radius 1 is 1.03 bits per heavy atom. The lowest BCUT2D eigenvalue weighted by molar-refractivity contribution is -0.119. The Hall–Kier alpha value is -3.65. The van der Waals surface area contributed by atoms with Crippen molar-refractivity contribution in [2.24, 2.45) is 0 Å². The Kier molecular flexibility index (Phi) is 6.08. The summed E-state index contributed by atoms with van der Waals surface area (Å²) in [5.74, 6) is 1.18. The zero-order valence-electron chi connectivity index (χ0n) is 17.6. The highest BCUT2D eigenvalue weighted by Crippen LogP contribution is 2.32. The third kappa shape index (κ3) is 4.61. The molecule has 8 heteroatoms. The molecule has 2 heterocycles. The van der Waals surface area contributed by atoms with E-state index in [1.807, 2.05) is 59.2 Å². The highest BCUT2D eigenvalue weighted by Gasteiger charge is 2.23. The number of rotatable bonds is 6. The smallest absolute Gasteiger partial charge is 0.230 e. The number of ether oxygens (including phenoxy) is 1. The lowest BCUT2D eigenvalue weighted by Crippen LogP contribution is -2.33. The van der Waals surface area contributed by atoms with Gasteiger partial charge in [-0.05, 0) is 42.5 Å². The highest BCUT2D eigenvalue weighted by molar-refractivity contribution is 7.99. The zero-order valence-corrected chi connectivity index (χ0v) is 18.5. The number of carbonyl (C=O) groups excluding carboxylic acids is 1. The predicted molar refractivity (Wildman–Crippen MR) is 125 cm³/mol. The van der Waals surface area contributed by atoms with E-state index in [9.17, 15) is 9.18 Å². The first kappa shape index (κ1) is 21.2. The summed E-state index contributed by atoms with van der Waals surface area (Å²) in [7, 11) is 0. The molecule has 4 aromatic rings. The van der Waals surface area contributed by atoms with Crippen LogP contribution in [0.3, 0.4) is 0 Å². The Balaban J connectivity index is 1.36. The fourth-order valence-corrected chi connectivity index (χ4v) is 4.58. The van der Waals surface area contributed by atoms with Gasteiger partial charge in [-0.1, -0.05) is 48.2 Å². The lowest BCUT2D eigenvalue weighted by Gasteiger charge is -2.26. The second kappa shape index (κ2) is 9.46. The monoisotopic (exact) mass is 460 g/mol. The van der Waals surface area contributed by atoms with E-state index in [0.29, 0.717) is 17.6 Å². The first-order chi connectivity index (χ1) is 16.2. The van der Waals surface area contributed by atoms with Crippen molar-refractivity contribution >= 4 is 17.7 Å². The van der Waals surface area contributed by atoms with Crippen LogP contribution in [0.15, 0.2) is 84.0 Å². The number of fused-ring (bicyclic) bond motifs is 1. The van der Waals surface area contributed by atoms with Gasteiger partial charge in [0.1, 0.15) is 11.6 Å². The molecule has 1 atom stereocenters. The number of hydrogen-bond acceptors (Lipinski definition) is 5. The zero-order chi connectivity index (χ0) is 22.6. The van der Waals surface area contributed by atoms with Gasteiger partial charge in [0, 0.05) is 23.2 Å². The van der Waals surface area contributed by atoms with Crippen molar-refractivity contribution in [1.82, 2.24) is 20.1 Å². The Labute approximate surface area is 194 Å². The molecule has 0 fully saturated rings. The minimum Gasteiger partial charge on any atom is -0.493 e. The van der Waals surface area contributed by atoms with Crippen LogP contribution in [0.25, 0.3) is 17.1 Å². The molecule has 33 heavy (non-hydrogen) atoms. The molecule has 5 rings (SSSR count). The van der Waals surface area contributed by atoms with Crippen molar-refractivity contribution < 1.29 is 13.9 Å². The van der Waals surface area contributed by atoms with E-state index >= 15 is 0 Å². The molecule has 0 bridgehead atoms. The van der Waals surface area contributed by atoms with E-state index in [4.69, 9.17) is 4.74 Å². The Bertz CT molecular complexity index is 1260. The molecule has 0 spiro atoms. The number of benzene rings is 3. The molecular weight excluding hydrogens is 439 g/mol. The summed E-state index contributed by atoms with van der Waals surface area (Å²) in [6, 6.07) is 23.5. The van der Waals surface area contributed by atoms with Gasteiger partial charge in [0.25, 0.3) is 0 Å². The summed E-state index contributed by atoms with van der Waals surface area (Å²) in [5, 5.41) is 12.4. The van der Waals surface area contributed by atoms with Crippen molar-refractivity contribution in [3.63, 3.8) is 0 Å². The van der Waals surface area contributed by atoms with Gasteiger partial charge in [-0.2, -0.15) is 0 Å². The Morgan fingerprint density at radius 3 is 2.61 bits per heavy atom. The highest BCUT2D eigenvalue weighted by atomic mass is 32.2. The van der Waals surface area contributed by atoms with Gasteiger partial charge in [-0.25, -0.2) is 4.39 Å². The number of thioether (sulfide) groups is 1. The number of nitrogens with one attached hydrogen (secondary N) is 1. The summed E-state index contributed by atoms with van der Waals surface area (Å²) in [5.41, 5.74) is 2.60. The molecule has 6 nitrogen and oxygen atoms in total. The minimum absolute atomic E-state index is 0.0789. The maximum absolute atomic E-state index is 13.4. The second-order valence-electron chi connectivity index (χ2n) is 7.57. The standard InChI is InChI=1S/C25H21FN4O2S/c26-18-12-10-17(11-13-18)24-28-29-25(30(24)19-6-2-1-3-7-19)33-16-23(31)27-21-14-15-32-22-9-5-4-8-20(21)22/h1-13,21H,14-16H2,(H,27,31)/t21-/m0/s1. The van der Waals surface area contributed by atoms with Gasteiger partial charge >= 0.3 is 0 Å². The van der Waals surface area contributed by atoms with Crippen molar-refractivity contribution in [3.05, 3.63) is 90.2 Å². The van der Waals surface area contributed by atoms with E-state index in [1.165, 1.54) is 23.9 Å². The van der Waals surface area contributed by atoms with E-state index in [-0.39, 0.29) is 23.5 Å². The third-order valence-electron chi connectivity index (χ3n) is 5.38. The molecule has 1 aliphatic rings. The van der Waals surface area contributed by atoms with Crippen molar-refractivity contribution in [2.75, 3.05) is 12.4 Å². The van der Waals surface area contributed by atoms with Gasteiger partial charge in [0.2, 0.25) is 5.91 Å². The maximum atomic E-state index is 13.4. The summed E-state index contributed by atoms with van der Waals surface area (Å²) in [4.78, 5) is 12.8. The number of para-hydroxylation sites is 2. The fourth-order valence-electron chi connectivity index (χ4n) is 3.82. The molecule has 0 radical (unpaired) electrons. The summed E-state index contributed by atoms with van der Waals surface area (Å²) < 4.78 is 21.0. The molecule has 166 valence electrons. The summed E-state index contributed by atoms with van der Waals surface area (Å²) >= 11 is 1.31. The molecule has 1 N–H and O–H groups in total. The van der Waals surface area contributed by atoms with Crippen molar-refractivity contribution in [3.8, 4) is 22.8 Å². The van der Waals surface area contributed by atoms with Gasteiger partial charge in [0.05, 0.1) is 18.4 Å². The van der Waals surface area contributed by atoms with Crippen LogP contribution in [0.2, 0.25) is 0 Å². The van der Waals surface area contributed by atoms with Crippen molar-refractivity contribution in [2.45, 2.75) is 17.6 Å². The Morgan fingerprint density at radius 2 is 1.79 bits per heavy atom. The molecule has 0 saturated carbocycles. The molecule has 0 saturated heterocycles. The van der Waals surface area contributed by atoms with Crippen LogP contribution >= 0.6 is 11.8 Å². The van der Waals surface area contributed by atoms with E-state index in [2.05, 4.69) is 15.5 Å². The van der Waals surface area contributed by atoms with Crippen LogP contribution in [0, 0.1) is 5.82 Å². The van der Waals surface area contributed by atoms with Gasteiger partial charge in [0.15, 0.2) is 11.0 Å². The van der Waals surface area contributed by atoms with Crippen LogP contribution < -0.4 is 10.1 Å². The SMILES string of the molecule is O=C(CSc1nnc(-c2ccc(F)cc2)n1-c1ccccc1)N[C@H]1CCOc2ccccc21. The van der Waals surface area contributed by atoms with Crippen LogP contribution in [0.4, 0.5) is 4.39 Å². The number of amides is 1. The molecule has 1 amide bonds. The lowest BCUT2D eigenvalue weighted by atomic mass is 10.0. The summed E-state index contributed by atoms with van der Waals surface area (Å²) in [6.07, 6.45) is 0.725. The largest absolute Gasteiger partial charge is 0.493 e. The molecule has 0 unspecified atom stereocenters. The molecule has 1 aromatic heterocycles. The van der Waals surface area contributed by atoms with Gasteiger partial charge < -0.3 is 10.1 Å². The topological polar surface area (TPSA) is 69.0 Å². The quantitative estimate of drug-likeness (QED) is 0.419. The molecular formula is C25H21FN4O2S. The van der Waals surface area contributed by atoms with Crippen LogP contribution in [0.5, 0.6) is 5.75 Å². The minimum atomic E-state index is -0.314. The third-order valence-corrected chi connectivity index (χ3v) is 6.31. The van der Waals surface area contributed by atoms with Gasteiger partial charge in [-0.15, -0.1) is 10.2 Å². The van der Waals surface area contributed by atoms with Crippen LogP contribution in [-0.4, -0.2) is 33.0 Å². The van der Waals surface area contributed by atoms with Crippen LogP contribution in [-0.2, 0) is 4.79 Å². The first-order valence-electron chi connectivity index (χ1n) is 10.6.